The van der Waals surface area contributed by atoms with Crippen LogP contribution < -0.4 is 4.90 Å². The molecule has 1 aliphatic rings. The van der Waals surface area contributed by atoms with Gasteiger partial charge in [0.25, 0.3) is 11.8 Å². The van der Waals surface area contributed by atoms with Crippen LogP contribution in [0.4, 0.5) is 5.69 Å². The maximum Gasteiger partial charge on any atom is 0.337 e. The number of imide groups is 1. The molecule has 2 rings (SSSR count). The fraction of sp³-hybridized carbons (Fsp3) is 0. The van der Waals surface area contributed by atoms with Crippen LogP contribution in [0.25, 0.3) is 0 Å². The first kappa shape index (κ1) is 10.0. The van der Waals surface area contributed by atoms with Crippen molar-refractivity contribution in [2.24, 2.45) is 0 Å². The van der Waals surface area contributed by atoms with E-state index in [0.717, 1.165) is 23.2 Å². The summed E-state index contributed by atoms with van der Waals surface area (Å²) in [6, 6.07) is 1.22. The van der Waals surface area contributed by atoms with Crippen LogP contribution in [0.3, 0.4) is 0 Å². The summed E-state index contributed by atoms with van der Waals surface area (Å²) in [5.74, 6) is -2.18. The van der Waals surface area contributed by atoms with Gasteiger partial charge in [0.15, 0.2) is 0 Å². The summed E-state index contributed by atoms with van der Waals surface area (Å²) in [6.45, 7) is 0. The van der Waals surface area contributed by atoms with Gasteiger partial charge in [-0.05, 0) is 6.07 Å². The highest BCUT2D eigenvalue weighted by Crippen LogP contribution is 2.18. The molecule has 2 amide bonds. The van der Waals surface area contributed by atoms with E-state index in [1.165, 1.54) is 12.3 Å². The zero-order valence-corrected chi connectivity index (χ0v) is 7.95. The summed E-state index contributed by atoms with van der Waals surface area (Å²) >= 11 is 0. The minimum atomic E-state index is -1.17. The van der Waals surface area contributed by atoms with E-state index in [-0.39, 0.29) is 11.3 Å². The van der Waals surface area contributed by atoms with Gasteiger partial charge in [-0.25, -0.2) is 9.69 Å². The lowest BCUT2D eigenvalue weighted by Crippen LogP contribution is -2.29. The number of rotatable bonds is 2. The number of hydrogen-bond donors (Lipinski definition) is 1. The molecule has 1 aromatic rings. The Morgan fingerprint density at radius 3 is 2.38 bits per heavy atom. The zero-order chi connectivity index (χ0) is 11.7. The van der Waals surface area contributed by atoms with Crippen molar-refractivity contribution in [2.75, 3.05) is 4.90 Å². The fourth-order valence-corrected chi connectivity index (χ4v) is 1.32. The number of hydrogen-bond acceptors (Lipinski definition) is 4. The monoisotopic (exact) mass is 218 g/mol. The van der Waals surface area contributed by atoms with Crippen molar-refractivity contribution in [3.05, 3.63) is 36.2 Å². The first-order valence-corrected chi connectivity index (χ1v) is 4.34. The van der Waals surface area contributed by atoms with E-state index in [9.17, 15) is 14.4 Å². The van der Waals surface area contributed by atoms with Gasteiger partial charge in [0, 0.05) is 18.3 Å². The maximum atomic E-state index is 11.3. The first-order valence-electron chi connectivity index (χ1n) is 4.34. The molecule has 0 saturated heterocycles. The third kappa shape index (κ3) is 1.56. The molecule has 0 unspecified atom stereocenters. The number of anilines is 1. The van der Waals surface area contributed by atoms with Crippen molar-refractivity contribution in [3.8, 4) is 0 Å². The van der Waals surface area contributed by atoms with E-state index >= 15 is 0 Å². The summed E-state index contributed by atoms with van der Waals surface area (Å²) in [6.07, 6.45) is 4.64. The Balaban J connectivity index is 2.41. The normalized spacial score (nSPS) is 14.6. The Bertz CT molecular complexity index is 503. The second-order valence-corrected chi connectivity index (χ2v) is 3.08. The maximum absolute atomic E-state index is 11.3. The number of aromatic carboxylic acids is 1. The molecule has 0 aromatic carbocycles. The van der Waals surface area contributed by atoms with Gasteiger partial charge in [-0.2, -0.15) is 0 Å². The van der Waals surface area contributed by atoms with E-state index in [2.05, 4.69) is 4.98 Å². The van der Waals surface area contributed by atoms with Gasteiger partial charge in [-0.1, -0.05) is 0 Å². The quantitative estimate of drug-likeness (QED) is 0.717. The molecule has 0 atom stereocenters. The van der Waals surface area contributed by atoms with Crippen molar-refractivity contribution < 1.29 is 19.5 Å². The lowest BCUT2D eigenvalue weighted by atomic mass is 10.2. The standard InChI is InChI=1S/C10H6N2O4/c13-8-1-2-9(14)12(8)7-3-6(10(15)16)4-11-5-7/h1-5H,(H,15,16). The zero-order valence-electron chi connectivity index (χ0n) is 7.95. The van der Waals surface area contributed by atoms with Crippen LogP contribution >= 0.6 is 0 Å². The van der Waals surface area contributed by atoms with E-state index in [1.54, 1.807) is 0 Å². The Labute approximate surface area is 89.8 Å². The molecule has 6 heteroatoms. The molecule has 0 spiro atoms. The van der Waals surface area contributed by atoms with Crippen molar-refractivity contribution in [3.63, 3.8) is 0 Å². The largest absolute Gasteiger partial charge is 0.478 e. The van der Waals surface area contributed by atoms with Gasteiger partial charge >= 0.3 is 5.97 Å². The molecule has 0 aliphatic carbocycles. The molecular weight excluding hydrogens is 212 g/mol. The third-order valence-corrected chi connectivity index (χ3v) is 2.04. The Morgan fingerprint density at radius 1 is 1.19 bits per heavy atom. The van der Waals surface area contributed by atoms with Crippen LogP contribution in [0, 0.1) is 0 Å². The molecule has 0 fully saturated rings. The summed E-state index contributed by atoms with van der Waals surface area (Å²) in [4.78, 5) is 37.8. The van der Waals surface area contributed by atoms with E-state index in [4.69, 9.17) is 5.11 Å². The lowest BCUT2D eigenvalue weighted by molar-refractivity contribution is -0.120. The SMILES string of the molecule is O=C(O)c1cncc(N2C(=O)C=CC2=O)c1. The highest BCUT2D eigenvalue weighted by atomic mass is 16.4. The molecule has 80 valence electrons. The van der Waals surface area contributed by atoms with Crippen LogP contribution in [0.5, 0.6) is 0 Å². The number of carbonyl (C=O) groups is 3. The number of aromatic nitrogens is 1. The number of carboxylic acids is 1. The Kier molecular flexibility index (Phi) is 2.24. The van der Waals surface area contributed by atoms with Gasteiger partial charge in [0.05, 0.1) is 17.4 Å². The van der Waals surface area contributed by atoms with Gasteiger partial charge < -0.3 is 5.11 Å². The average Bonchev–Trinajstić information content (AvgIpc) is 2.59. The molecule has 1 aromatic heterocycles. The Morgan fingerprint density at radius 2 is 1.81 bits per heavy atom. The molecule has 1 aliphatic heterocycles. The predicted molar refractivity (Wildman–Crippen MR) is 52.8 cm³/mol. The second kappa shape index (κ2) is 3.58. The van der Waals surface area contributed by atoms with Gasteiger partial charge in [0.2, 0.25) is 0 Å². The van der Waals surface area contributed by atoms with Gasteiger partial charge in [-0.15, -0.1) is 0 Å². The highest BCUT2D eigenvalue weighted by molar-refractivity contribution is 6.28. The number of pyridine rings is 1. The van der Waals surface area contributed by atoms with E-state index in [0.29, 0.717) is 0 Å². The van der Waals surface area contributed by atoms with Crippen molar-refractivity contribution >= 4 is 23.5 Å². The van der Waals surface area contributed by atoms with Crippen molar-refractivity contribution in [2.45, 2.75) is 0 Å². The summed E-state index contributed by atoms with van der Waals surface area (Å²) in [5.41, 5.74) is 0.0740. The number of carbonyl (C=O) groups excluding carboxylic acids is 2. The average molecular weight is 218 g/mol. The van der Waals surface area contributed by atoms with Crippen LogP contribution in [0.15, 0.2) is 30.6 Å². The molecule has 6 nitrogen and oxygen atoms in total. The molecule has 16 heavy (non-hydrogen) atoms. The van der Waals surface area contributed by atoms with Crippen LogP contribution in [0.2, 0.25) is 0 Å². The van der Waals surface area contributed by atoms with Gasteiger partial charge in [0.1, 0.15) is 0 Å². The van der Waals surface area contributed by atoms with E-state index < -0.39 is 17.8 Å². The first-order chi connectivity index (χ1) is 7.59. The number of carboxylic acid groups (broad SMARTS) is 1. The summed E-state index contributed by atoms with van der Waals surface area (Å²) in [5, 5.41) is 8.74. The fourth-order valence-electron chi connectivity index (χ4n) is 1.32. The third-order valence-electron chi connectivity index (χ3n) is 2.04. The van der Waals surface area contributed by atoms with E-state index in [1.807, 2.05) is 0 Å². The lowest BCUT2D eigenvalue weighted by Gasteiger charge is -2.13. The molecule has 1 N–H and O–H groups in total. The van der Waals surface area contributed by atoms with Crippen molar-refractivity contribution in [1.82, 2.24) is 4.98 Å². The predicted octanol–water partition coefficient (Wildman–Crippen LogP) is 0.209. The summed E-state index contributed by atoms with van der Waals surface area (Å²) < 4.78 is 0. The van der Waals surface area contributed by atoms with Gasteiger partial charge in [-0.3, -0.25) is 14.6 Å². The molecular formula is C10H6N2O4. The number of nitrogens with zero attached hydrogens (tertiary/aromatic N) is 2. The smallest absolute Gasteiger partial charge is 0.337 e. The molecule has 2 heterocycles. The van der Waals surface area contributed by atoms with Crippen LogP contribution in [-0.4, -0.2) is 27.9 Å². The topological polar surface area (TPSA) is 87.6 Å². The Hall–Kier alpha value is -2.50. The minimum Gasteiger partial charge on any atom is -0.478 e. The molecule has 0 bridgehead atoms. The highest BCUT2D eigenvalue weighted by Gasteiger charge is 2.25. The second-order valence-electron chi connectivity index (χ2n) is 3.08. The van der Waals surface area contributed by atoms with Crippen LogP contribution in [0.1, 0.15) is 10.4 Å². The minimum absolute atomic E-state index is 0.0787. The molecule has 0 radical (unpaired) electrons. The van der Waals surface area contributed by atoms with Crippen molar-refractivity contribution in [1.29, 1.82) is 0 Å². The molecule has 0 saturated carbocycles. The van der Waals surface area contributed by atoms with Crippen LogP contribution in [-0.2, 0) is 9.59 Å². The summed E-state index contributed by atoms with van der Waals surface area (Å²) in [7, 11) is 0. The number of amides is 2.